The zero-order valence-corrected chi connectivity index (χ0v) is 12.4. The molecule has 0 aromatic carbocycles. The molecular weight excluding hydrogens is 256 g/mol. The van der Waals surface area contributed by atoms with Crippen LogP contribution >= 0.6 is 0 Å². The molecule has 0 saturated carbocycles. The number of aryl methyl sites for hydroxylation is 3. The maximum Gasteiger partial charge on any atom is 0.253 e. The Morgan fingerprint density at radius 2 is 2.15 bits per heavy atom. The molecule has 1 N–H and O–H groups in total. The molecule has 108 valence electrons. The van der Waals surface area contributed by atoms with Crippen molar-refractivity contribution >= 4 is 16.9 Å². The van der Waals surface area contributed by atoms with Crippen molar-refractivity contribution in [2.24, 2.45) is 7.05 Å². The average molecular weight is 276 g/mol. The number of rotatable bonds is 5. The summed E-state index contributed by atoms with van der Waals surface area (Å²) in [6.07, 6.45) is 0.795. The van der Waals surface area contributed by atoms with Gasteiger partial charge in [-0.05, 0) is 26.3 Å². The van der Waals surface area contributed by atoms with Crippen molar-refractivity contribution in [2.45, 2.75) is 20.3 Å². The highest BCUT2D eigenvalue weighted by atomic mass is 16.5. The van der Waals surface area contributed by atoms with E-state index in [0.717, 1.165) is 23.1 Å². The van der Waals surface area contributed by atoms with Gasteiger partial charge in [-0.15, -0.1) is 0 Å². The van der Waals surface area contributed by atoms with Gasteiger partial charge in [-0.25, -0.2) is 4.98 Å². The second-order valence-electron chi connectivity index (χ2n) is 4.80. The van der Waals surface area contributed by atoms with Gasteiger partial charge in [-0.2, -0.15) is 5.10 Å². The summed E-state index contributed by atoms with van der Waals surface area (Å²) in [5.74, 6) is -0.101. The Hall–Kier alpha value is -1.95. The maximum absolute atomic E-state index is 12.2. The van der Waals surface area contributed by atoms with Crippen LogP contribution in [0.4, 0.5) is 0 Å². The molecule has 0 aliphatic carbocycles. The molecule has 6 nitrogen and oxygen atoms in total. The van der Waals surface area contributed by atoms with Gasteiger partial charge in [0.1, 0.15) is 0 Å². The number of ether oxygens (including phenoxy) is 1. The van der Waals surface area contributed by atoms with Gasteiger partial charge >= 0.3 is 0 Å². The van der Waals surface area contributed by atoms with E-state index in [1.54, 1.807) is 11.8 Å². The van der Waals surface area contributed by atoms with Crippen molar-refractivity contribution in [2.75, 3.05) is 20.3 Å². The van der Waals surface area contributed by atoms with E-state index < -0.39 is 0 Å². The van der Waals surface area contributed by atoms with E-state index in [2.05, 4.69) is 15.4 Å². The van der Waals surface area contributed by atoms with E-state index in [-0.39, 0.29) is 5.91 Å². The van der Waals surface area contributed by atoms with E-state index in [1.165, 1.54) is 0 Å². The van der Waals surface area contributed by atoms with Crippen LogP contribution in [-0.2, 0) is 11.8 Å². The van der Waals surface area contributed by atoms with Gasteiger partial charge < -0.3 is 10.1 Å². The van der Waals surface area contributed by atoms with Crippen molar-refractivity contribution in [1.29, 1.82) is 0 Å². The molecule has 1 amide bonds. The molecule has 2 rings (SSSR count). The lowest BCUT2D eigenvalue weighted by Gasteiger charge is -2.07. The molecule has 0 bridgehead atoms. The van der Waals surface area contributed by atoms with E-state index in [0.29, 0.717) is 24.4 Å². The van der Waals surface area contributed by atoms with Gasteiger partial charge in [0.15, 0.2) is 5.65 Å². The minimum absolute atomic E-state index is 0.101. The van der Waals surface area contributed by atoms with Gasteiger partial charge in [0, 0.05) is 32.7 Å². The number of nitrogens with zero attached hydrogens (tertiary/aromatic N) is 3. The monoisotopic (exact) mass is 276 g/mol. The van der Waals surface area contributed by atoms with Crippen LogP contribution in [0.3, 0.4) is 0 Å². The third-order valence-electron chi connectivity index (χ3n) is 3.24. The highest BCUT2D eigenvalue weighted by Gasteiger charge is 2.14. The predicted octanol–water partition coefficient (Wildman–Crippen LogP) is 1.35. The van der Waals surface area contributed by atoms with Gasteiger partial charge in [-0.1, -0.05) is 0 Å². The summed E-state index contributed by atoms with van der Waals surface area (Å²) >= 11 is 0. The molecule has 20 heavy (non-hydrogen) atoms. The van der Waals surface area contributed by atoms with Crippen molar-refractivity contribution in [3.05, 3.63) is 23.0 Å². The first-order valence-electron chi connectivity index (χ1n) is 6.62. The Morgan fingerprint density at radius 1 is 1.40 bits per heavy atom. The number of pyridine rings is 1. The number of aromatic nitrogens is 3. The summed E-state index contributed by atoms with van der Waals surface area (Å²) in [5.41, 5.74) is 3.00. The Balaban J connectivity index is 2.23. The van der Waals surface area contributed by atoms with Crippen molar-refractivity contribution in [3.63, 3.8) is 0 Å². The standard InChI is InChI=1S/C14H20N4O2/c1-9-12(14(19)15-6-5-7-20-4)8-11-10(2)17-18(3)13(11)16-9/h8H,5-7H2,1-4H3,(H,15,19). The van der Waals surface area contributed by atoms with E-state index in [4.69, 9.17) is 4.74 Å². The highest BCUT2D eigenvalue weighted by Crippen LogP contribution is 2.19. The third-order valence-corrected chi connectivity index (χ3v) is 3.24. The lowest BCUT2D eigenvalue weighted by Crippen LogP contribution is -2.26. The second kappa shape index (κ2) is 6.00. The number of carbonyl (C=O) groups is 1. The van der Waals surface area contributed by atoms with Gasteiger partial charge in [0.2, 0.25) is 0 Å². The predicted molar refractivity (Wildman–Crippen MR) is 76.8 cm³/mol. The normalized spacial score (nSPS) is 11.0. The fourth-order valence-corrected chi connectivity index (χ4v) is 2.18. The topological polar surface area (TPSA) is 69.0 Å². The molecule has 0 radical (unpaired) electrons. The molecule has 6 heteroatoms. The van der Waals surface area contributed by atoms with Crippen LogP contribution in [-0.4, -0.2) is 40.9 Å². The molecule has 0 aliphatic rings. The van der Waals surface area contributed by atoms with Crippen LogP contribution in [0, 0.1) is 13.8 Å². The lowest BCUT2D eigenvalue weighted by molar-refractivity contribution is 0.0948. The quantitative estimate of drug-likeness (QED) is 0.837. The molecule has 2 heterocycles. The molecule has 0 fully saturated rings. The zero-order chi connectivity index (χ0) is 14.7. The van der Waals surface area contributed by atoms with Crippen molar-refractivity contribution < 1.29 is 9.53 Å². The highest BCUT2D eigenvalue weighted by molar-refractivity contribution is 5.98. The van der Waals surface area contributed by atoms with E-state index >= 15 is 0 Å². The number of fused-ring (bicyclic) bond motifs is 1. The maximum atomic E-state index is 12.2. The molecule has 0 saturated heterocycles. The van der Waals surface area contributed by atoms with Crippen LogP contribution in [0.5, 0.6) is 0 Å². The number of methoxy groups -OCH3 is 1. The third kappa shape index (κ3) is 2.80. The molecule has 0 spiro atoms. The Bertz CT molecular complexity index is 634. The van der Waals surface area contributed by atoms with Gasteiger partial charge in [0.05, 0.1) is 17.0 Å². The molecule has 2 aromatic heterocycles. The first kappa shape index (κ1) is 14.5. The minimum atomic E-state index is -0.101. The Kier molecular flexibility index (Phi) is 4.34. The fraction of sp³-hybridized carbons (Fsp3) is 0.500. The van der Waals surface area contributed by atoms with Crippen LogP contribution in [0.2, 0.25) is 0 Å². The lowest BCUT2D eigenvalue weighted by atomic mass is 10.1. The summed E-state index contributed by atoms with van der Waals surface area (Å²) < 4.78 is 6.69. The van der Waals surface area contributed by atoms with E-state index in [1.807, 2.05) is 27.0 Å². The number of nitrogens with one attached hydrogen (secondary N) is 1. The second-order valence-corrected chi connectivity index (χ2v) is 4.80. The van der Waals surface area contributed by atoms with Gasteiger partial charge in [0.25, 0.3) is 5.91 Å². The molecule has 2 aromatic rings. The van der Waals surface area contributed by atoms with Gasteiger partial charge in [-0.3, -0.25) is 9.48 Å². The summed E-state index contributed by atoms with van der Waals surface area (Å²) in [4.78, 5) is 16.6. The number of hydrogen-bond donors (Lipinski definition) is 1. The first-order chi connectivity index (χ1) is 9.54. The van der Waals surface area contributed by atoms with Crippen LogP contribution in [0.25, 0.3) is 11.0 Å². The van der Waals surface area contributed by atoms with Crippen molar-refractivity contribution in [3.8, 4) is 0 Å². The SMILES string of the molecule is COCCCNC(=O)c1cc2c(C)nn(C)c2nc1C. The largest absolute Gasteiger partial charge is 0.385 e. The summed E-state index contributed by atoms with van der Waals surface area (Å²) in [6, 6.07) is 1.87. The smallest absolute Gasteiger partial charge is 0.253 e. The average Bonchev–Trinajstić information content (AvgIpc) is 2.68. The Morgan fingerprint density at radius 3 is 2.85 bits per heavy atom. The summed E-state index contributed by atoms with van der Waals surface area (Å²) in [7, 11) is 3.50. The molecule has 0 atom stereocenters. The minimum Gasteiger partial charge on any atom is -0.385 e. The number of hydrogen-bond acceptors (Lipinski definition) is 4. The van der Waals surface area contributed by atoms with E-state index in [9.17, 15) is 4.79 Å². The Labute approximate surface area is 118 Å². The van der Waals surface area contributed by atoms with Crippen LogP contribution < -0.4 is 5.32 Å². The number of amides is 1. The van der Waals surface area contributed by atoms with Crippen LogP contribution in [0.1, 0.15) is 28.2 Å². The van der Waals surface area contributed by atoms with Crippen LogP contribution in [0.15, 0.2) is 6.07 Å². The fourth-order valence-electron chi connectivity index (χ4n) is 2.18. The zero-order valence-electron chi connectivity index (χ0n) is 12.4. The molecule has 0 aliphatic heterocycles. The van der Waals surface area contributed by atoms with Crippen molar-refractivity contribution in [1.82, 2.24) is 20.1 Å². The first-order valence-corrected chi connectivity index (χ1v) is 6.62. The molecular formula is C14H20N4O2. The summed E-state index contributed by atoms with van der Waals surface area (Å²) in [5, 5.41) is 8.12. The summed E-state index contributed by atoms with van der Waals surface area (Å²) in [6.45, 7) is 4.99. The number of carbonyl (C=O) groups excluding carboxylic acids is 1. The molecule has 0 unspecified atom stereocenters.